The summed E-state index contributed by atoms with van der Waals surface area (Å²) in [6.45, 7) is 1.54. The molecule has 0 aliphatic rings. The molecule has 0 spiro atoms. The second-order valence-electron chi connectivity index (χ2n) is 4.96. The lowest BCUT2D eigenvalue weighted by Crippen LogP contribution is -2.03. The van der Waals surface area contributed by atoms with Crippen LogP contribution in [0.3, 0.4) is 0 Å². The minimum absolute atomic E-state index is 0.0713. The molecule has 24 heavy (non-hydrogen) atoms. The highest BCUT2D eigenvalue weighted by molar-refractivity contribution is 5.94. The maximum absolute atomic E-state index is 11.5. The van der Waals surface area contributed by atoms with Crippen LogP contribution in [0.2, 0.25) is 0 Å². The van der Waals surface area contributed by atoms with E-state index in [0.717, 1.165) is 0 Å². The molecule has 0 amide bonds. The molecule has 0 N–H and O–H groups in total. The van der Waals surface area contributed by atoms with Gasteiger partial charge in [0, 0.05) is 17.2 Å². The lowest BCUT2D eigenvalue weighted by molar-refractivity contribution is -0.385. The van der Waals surface area contributed by atoms with Crippen LogP contribution in [-0.4, -0.2) is 24.9 Å². The van der Waals surface area contributed by atoms with Gasteiger partial charge in [0.1, 0.15) is 12.4 Å². The van der Waals surface area contributed by atoms with Gasteiger partial charge < -0.3 is 14.2 Å². The molecule has 0 unspecified atom stereocenters. The van der Waals surface area contributed by atoms with Crippen LogP contribution in [0.15, 0.2) is 36.4 Å². The molecule has 2 aromatic rings. The molecule has 0 fully saturated rings. The van der Waals surface area contributed by atoms with Gasteiger partial charge in [-0.15, -0.1) is 0 Å². The van der Waals surface area contributed by atoms with E-state index in [4.69, 9.17) is 14.2 Å². The van der Waals surface area contributed by atoms with E-state index in [1.165, 1.54) is 39.3 Å². The van der Waals surface area contributed by atoms with Crippen molar-refractivity contribution in [1.29, 1.82) is 0 Å². The number of non-ortho nitro benzene ring substituents is 1. The zero-order chi connectivity index (χ0) is 17.7. The highest BCUT2D eigenvalue weighted by Crippen LogP contribution is 2.32. The van der Waals surface area contributed by atoms with Crippen molar-refractivity contribution in [2.75, 3.05) is 14.2 Å². The summed E-state index contributed by atoms with van der Waals surface area (Å²) in [5.41, 5.74) is 1.08. The van der Waals surface area contributed by atoms with E-state index >= 15 is 0 Å². The van der Waals surface area contributed by atoms with Crippen LogP contribution < -0.4 is 14.2 Å². The molecule has 0 radical (unpaired) electrons. The number of hydrogen-bond acceptors (Lipinski definition) is 6. The van der Waals surface area contributed by atoms with Gasteiger partial charge in [-0.3, -0.25) is 14.9 Å². The van der Waals surface area contributed by atoms with Gasteiger partial charge in [0.2, 0.25) is 0 Å². The van der Waals surface area contributed by atoms with E-state index in [-0.39, 0.29) is 23.8 Å². The standard InChI is InChI=1S/C17H17NO6/c1-11(19)12-4-6-15(22-2)13(8-12)10-24-17-9-14(18(20)21)5-7-16(17)23-3/h4-9H,10H2,1-3H3. The fourth-order valence-electron chi connectivity index (χ4n) is 2.16. The van der Waals surface area contributed by atoms with Gasteiger partial charge in [-0.05, 0) is 31.2 Å². The van der Waals surface area contributed by atoms with Crippen molar-refractivity contribution in [3.05, 3.63) is 57.6 Å². The highest BCUT2D eigenvalue weighted by atomic mass is 16.6. The van der Waals surface area contributed by atoms with E-state index in [1.54, 1.807) is 18.2 Å². The van der Waals surface area contributed by atoms with Crippen LogP contribution in [0, 0.1) is 10.1 Å². The minimum atomic E-state index is -0.511. The predicted octanol–water partition coefficient (Wildman–Crippen LogP) is 3.39. The van der Waals surface area contributed by atoms with Gasteiger partial charge in [0.25, 0.3) is 5.69 Å². The zero-order valence-electron chi connectivity index (χ0n) is 13.6. The van der Waals surface area contributed by atoms with E-state index in [9.17, 15) is 14.9 Å². The first-order valence-electron chi connectivity index (χ1n) is 7.09. The molecule has 0 bridgehead atoms. The van der Waals surface area contributed by atoms with Gasteiger partial charge in [-0.2, -0.15) is 0 Å². The molecule has 0 aliphatic carbocycles. The minimum Gasteiger partial charge on any atom is -0.496 e. The number of nitro groups is 1. The number of hydrogen-bond donors (Lipinski definition) is 0. The van der Waals surface area contributed by atoms with Crippen LogP contribution in [0.1, 0.15) is 22.8 Å². The molecular formula is C17H17NO6. The fraction of sp³-hybridized carbons (Fsp3) is 0.235. The Bertz CT molecular complexity index is 706. The second-order valence-corrected chi connectivity index (χ2v) is 4.96. The first-order chi connectivity index (χ1) is 11.5. The van der Waals surface area contributed by atoms with Crippen molar-refractivity contribution in [3.63, 3.8) is 0 Å². The Kier molecular flexibility index (Phi) is 5.36. The third-order valence-electron chi connectivity index (χ3n) is 3.43. The van der Waals surface area contributed by atoms with Crippen molar-refractivity contribution < 1.29 is 23.9 Å². The molecule has 0 aromatic heterocycles. The topological polar surface area (TPSA) is 87.9 Å². The zero-order valence-corrected chi connectivity index (χ0v) is 13.6. The molecule has 0 saturated carbocycles. The molecule has 0 atom stereocenters. The van der Waals surface area contributed by atoms with Crippen LogP contribution in [-0.2, 0) is 6.61 Å². The van der Waals surface area contributed by atoms with Crippen molar-refractivity contribution in [3.8, 4) is 17.2 Å². The third-order valence-corrected chi connectivity index (χ3v) is 3.43. The monoisotopic (exact) mass is 331 g/mol. The van der Waals surface area contributed by atoms with Crippen molar-refractivity contribution in [1.82, 2.24) is 0 Å². The van der Waals surface area contributed by atoms with E-state index in [0.29, 0.717) is 22.6 Å². The van der Waals surface area contributed by atoms with E-state index in [1.807, 2.05) is 0 Å². The van der Waals surface area contributed by atoms with Crippen LogP contribution in [0.5, 0.6) is 17.2 Å². The van der Waals surface area contributed by atoms with Crippen LogP contribution >= 0.6 is 0 Å². The number of Topliss-reactive ketones (excluding diaryl/α,β-unsaturated/α-hetero) is 1. The molecule has 2 rings (SSSR count). The number of methoxy groups -OCH3 is 2. The number of nitro benzene ring substituents is 1. The maximum Gasteiger partial charge on any atom is 0.273 e. The molecule has 7 heteroatoms. The largest absolute Gasteiger partial charge is 0.496 e. The molecule has 126 valence electrons. The summed E-state index contributed by atoms with van der Waals surface area (Å²) in [5.74, 6) is 1.10. The summed E-state index contributed by atoms with van der Waals surface area (Å²) in [6, 6.07) is 9.11. The molecule has 0 saturated heterocycles. The fourth-order valence-corrected chi connectivity index (χ4v) is 2.16. The Morgan fingerprint density at radius 3 is 2.29 bits per heavy atom. The number of ketones is 1. The lowest BCUT2D eigenvalue weighted by Gasteiger charge is -2.13. The quantitative estimate of drug-likeness (QED) is 0.439. The summed E-state index contributed by atoms with van der Waals surface area (Å²) in [4.78, 5) is 21.9. The van der Waals surface area contributed by atoms with Gasteiger partial charge >= 0.3 is 0 Å². The Morgan fingerprint density at radius 1 is 1.04 bits per heavy atom. The number of ether oxygens (including phenoxy) is 3. The van der Waals surface area contributed by atoms with E-state index < -0.39 is 4.92 Å². The lowest BCUT2D eigenvalue weighted by atomic mass is 10.1. The SMILES string of the molecule is COc1ccc(C(C)=O)cc1COc1cc([N+](=O)[O-])ccc1OC. The first kappa shape index (κ1) is 17.3. The number of carbonyl (C=O) groups is 1. The average molecular weight is 331 g/mol. The van der Waals surface area contributed by atoms with Gasteiger partial charge in [0.15, 0.2) is 17.3 Å². The molecule has 0 heterocycles. The average Bonchev–Trinajstić information content (AvgIpc) is 2.59. The van der Waals surface area contributed by atoms with Crippen LogP contribution in [0.25, 0.3) is 0 Å². The summed E-state index contributed by atoms with van der Waals surface area (Å²) >= 11 is 0. The van der Waals surface area contributed by atoms with Crippen molar-refractivity contribution in [2.24, 2.45) is 0 Å². The van der Waals surface area contributed by atoms with Gasteiger partial charge in [-0.25, -0.2) is 0 Å². The maximum atomic E-state index is 11.5. The molecule has 7 nitrogen and oxygen atoms in total. The number of benzene rings is 2. The Labute approximate surface area is 138 Å². The summed E-state index contributed by atoms with van der Waals surface area (Å²) in [6.07, 6.45) is 0. The Morgan fingerprint density at radius 2 is 1.71 bits per heavy atom. The van der Waals surface area contributed by atoms with Gasteiger partial charge in [0.05, 0.1) is 25.2 Å². The van der Waals surface area contributed by atoms with Crippen molar-refractivity contribution in [2.45, 2.75) is 13.5 Å². The molecular weight excluding hydrogens is 314 g/mol. The second kappa shape index (κ2) is 7.45. The Balaban J connectivity index is 2.30. The summed E-state index contributed by atoms with van der Waals surface area (Å²) in [5, 5.41) is 10.9. The number of carbonyl (C=O) groups excluding carboxylic acids is 1. The highest BCUT2D eigenvalue weighted by Gasteiger charge is 2.14. The third kappa shape index (κ3) is 3.81. The number of nitrogens with zero attached hydrogens (tertiary/aromatic N) is 1. The first-order valence-corrected chi connectivity index (χ1v) is 7.09. The van der Waals surface area contributed by atoms with E-state index in [2.05, 4.69) is 0 Å². The summed E-state index contributed by atoms with van der Waals surface area (Å²) < 4.78 is 16.1. The molecule has 2 aromatic carbocycles. The summed E-state index contributed by atoms with van der Waals surface area (Å²) in [7, 11) is 2.96. The normalized spacial score (nSPS) is 10.1. The van der Waals surface area contributed by atoms with Crippen molar-refractivity contribution >= 4 is 11.5 Å². The van der Waals surface area contributed by atoms with Crippen LogP contribution in [0.4, 0.5) is 5.69 Å². The smallest absolute Gasteiger partial charge is 0.273 e. The Hall–Kier alpha value is -3.09. The van der Waals surface area contributed by atoms with Gasteiger partial charge in [-0.1, -0.05) is 0 Å². The number of rotatable bonds is 7. The predicted molar refractivity (Wildman–Crippen MR) is 87.0 cm³/mol. The molecule has 0 aliphatic heterocycles.